The zero-order valence-corrected chi connectivity index (χ0v) is 27.1. The number of methoxy groups -OCH3 is 2. The summed E-state index contributed by atoms with van der Waals surface area (Å²) in [5.74, 6) is 7.80. The first-order valence-electron chi connectivity index (χ1n) is 14.7. The molecule has 3 aromatic carbocycles. The molecule has 0 saturated carbocycles. The molecule has 0 aliphatic heterocycles. The fourth-order valence-corrected chi connectivity index (χ4v) is 6.18. The number of rotatable bonds is 13. The van der Waals surface area contributed by atoms with Gasteiger partial charge in [-0.3, -0.25) is 0 Å². The molecule has 0 aliphatic rings. The van der Waals surface area contributed by atoms with E-state index in [-0.39, 0.29) is 0 Å². The summed E-state index contributed by atoms with van der Waals surface area (Å²) in [7, 11) is 0.110. The summed E-state index contributed by atoms with van der Waals surface area (Å²) in [6.07, 6.45) is -3.60. The van der Waals surface area contributed by atoms with E-state index in [2.05, 4.69) is 23.3 Å². The highest BCUT2D eigenvalue weighted by Crippen LogP contribution is 2.43. The molecule has 5 nitrogen and oxygen atoms in total. The Morgan fingerprint density at radius 1 is 0.844 bits per heavy atom. The maximum absolute atomic E-state index is 14.5. The Labute approximate surface area is 265 Å². The van der Waals surface area contributed by atoms with E-state index < -0.39 is 37.5 Å². The summed E-state index contributed by atoms with van der Waals surface area (Å²) in [4.78, 5) is 13.3. The first kappa shape index (κ1) is 35.5. The average molecular weight is 637 g/mol. The number of unbranched alkanes of at least 4 members (excludes halogenated alkanes) is 3. The summed E-state index contributed by atoms with van der Waals surface area (Å²) >= 11 is 0. The molecule has 0 unspecified atom stereocenters. The molecule has 0 bridgehead atoms. The molecule has 3 rings (SSSR count). The second-order valence-electron chi connectivity index (χ2n) is 10.8. The molecule has 0 N–H and O–H groups in total. The third-order valence-electron chi connectivity index (χ3n) is 7.16. The quantitative estimate of drug-likeness (QED) is 0.0880. The number of halogens is 3. The second-order valence-corrected chi connectivity index (χ2v) is 14.9. The standard InChI is InChI=1S/C36H39F3O5Si/c1-41-31-23-21-29(22-24-31)28-43-26-15-7-5-6-12-18-32(25-27-45(3,4)33-19-13-9-14-20-33)44-34(40)35(42-2,36(37,38)39)30-16-10-8-11-17-30/h8-11,13-14,16-17,19-24,32H,5-7,15,26,28H2,1-4H3/t32-,35+/m1/s1. The molecule has 0 aliphatic carbocycles. The van der Waals surface area contributed by atoms with Gasteiger partial charge in [-0.2, -0.15) is 13.2 Å². The van der Waals surface area contributed by atoms with E-state index in [4.69, 9.17) is 18.9 Å². The van der Waals surface area contributed by atoms with Crippen LogP contribution < -0.4 is 9.92 Å². The number of esters is 1. The van der Waals surface area contributed by atoms with E-state index in [0.29, 0.717) is 19.6 Å². The van der Waals surface area contributed by atoms with Crippen molar-refractivity contribution in [2.24, 2.45) is 0 Å². The zero-order valence-electron chi connectivity index (χ0n) is 26.1. The Balaban J connectivity index is 1.68. The minimum absolute atomic E-state index is 0.391. The summed E-state index contributed by atoms with van der Waals surface area (Å²) in [5.41, 5.74) is 0.524. The van der Waals surface area contributed by atoms with Gasteiger partial charge in [-0.05, 0) is 41.6 Å². The molecule has 0 heterocycles. The fraction of sp³-hybridized carbons (Fsp3) is 0.361. The lowest BCUT2D eigenvalue weighted by atomic mass is 9.92. The SMILES string of the molecule is COc1ccc(COCCCCCC#C[C@H](C#C[Si](C)(C)c2ccccc2)OC(=O)[C@@](OC)(c2ccccc2)C(F)(F)F)cc1. The number of ether oxygens (including phenoxy) is 4. The van der Waals surface area contributed by atoms with Crippen LogP contribution in [0.25, 0.3) is 0 Å². The molecule has 9 heteroatoms. The van der Waals surface area contributed by atoms with Crippen molar-refractivity contribution in [3.63, 3.8) is 0 Å². The summed E-state index contributed by atoms with van der Waals surface area (Å²) in [6, 6.07) is 24.0. The number of alkyl halides is 3. The third-order valence-corrected chi connectivity index (χ3v) is 9.71. The molecular formula is C36H39F3O5Si. The van der Waals surface area contributed by atoms with E-state index in [1.54, 1.807) is 13.2 Å². The molecule has 238 valence electrons. The van der Waals surface area contributed by atoms with Crippen LogP contribution >= 0.6 is 0 Å². The average Bonchev–Trinajstić information content (AvgIpc) is 3.04. The van der Waals surface area contributed by atoms with Crippen molar-refractivity contribution in [1.29, 1.82) is 0 Å². The van der Waals surface area contributed by atoms with Gasteiger partial charge in [-0.25, -0.2) is 4.79 Å². The van der Waals surface area contributed by atoms with Gasteiger partial charge in [-0.1, -0.05) is 104 Å². The van der Waals surface area contributed by atoms with E-state index >= 15 is 0 Å². The topological polar surface area (TPSA) is 54.0 Å². The van der Waals surface area contributed by atoms with Crippen LogP contribution in [0.5, 0.6) is 5.75 Å². The van der Waals surface area contributed by atoms with Gasteiger partial charge >= 0.3 is 12.1 Å². The van der Waals surface area contributed by atoms with Crippen molar-refractivity contribution < 1.29 is 36.9 Å². The molecule has 45 heavy (non-hydrogen) atoms. The van der Waals surface area contributed by atoms with E-state index in [0.717, 1.165) is 42.9 Å². The maximum Gasteiger partial charge on any atom is 0.432 e. The first-order valence-corrected chi connectivity index (χ1v) is 17.7. The number of hydrogen-bond donors (Lipinski definition) is 0. The minimum Gasteiger partial charge on any atom is -0.497 e. The highest BCUT2D eigenvalue weighted by atomic mass is 28.3. The first-order chi connectivity index (χ1) is 21.5. The summed E-state index contributed by atoms with van der Waals surface area (Å²) < 4.78 is 64.6. The molecule has 0 spiro atoms. The number of hydrogen-bond acceptors (Lipinski definition) is 5. The molecule has 0 amide bonds. The van der Waals surface area contributed by atoms with Gasteiger partial charge in [0.25, 0.3) is 5.60 Å². The van der Waals surface area contributed by atoms with E-state index in [1.165, 1.54) is 24.3 Å². The zero-order chi connectivity index (χ0) is 32.8. The molecule has 3 aromatic rings. The van der Waals surface area contributed by atoms with Gasteiger partial charge in [-0.15, -0.1) is 5.54 Å². The Bertz CT molecular complexity index is 1470. The van der Waals surface area contributed by atoms with Crippen LogP contribution in [0.4, 0.5) is 13.2 Å². The monoisotopic (exact) mass is 636 g/mol. The lowest BCUT2D eigenvalue weighted by molar-refractivity contribution is -0.276. The molecule has 2 atom stereocenters. The van der Waals surface area contributed by atoms with Crippen molar-refractivity contribution in [3.8, 4) is 29.1 Å². The summed E-state index contributed by atoms with van der Waals surface area (Å²) in [5, 5.41) is 1.04. The molecule has 0 saturated heterocycles. The lowest BCUT2D eigenvalue weighted by Crippen LogP contribution is -2.52. The van der Waals surface area contributed by atoms with E-state index in [9.17, 15) is 18.0 Å². The lowest BCUT2D eigenvalue weighted by Gasteiger charge is -2.32. The van der Waals surface area contributed by atoms with Crippen LogP contribution in [-0.4, -0.2) is 47.1 Å². The van der Waals surface area contributed by atoms with Crippen molar-refractivity contribution in [1.82, 2.24) is 0 Å². The smallest absolute Gasteiger partial charge is 0.432 e. The van der Waals surface area contributed by atoms with Crippen molar-refractivity contribution >= 4 is 19.2 Å². The second kappa shape index (κ2) is 16.9. The van der Waals surface area contributed by atoms with Gasteiger partial charge in [0.15, 0.2) is 8.07 Å². The number of benzene rings is 3. The van der Waals surface area contributed by atoms with Gasteiger partial charge in [0.05, 0.1) is 13.7 Å². The Hall–Kier alpha value is -4.02. The van der Waals surface area contributed by atoms with Crippen LogP contribution in [0, 0.1) is 23.3 Å². The molecule has 0 aromatic heterocycles. The van der Waals surface area contributed by atoms with Crippen LogP contribution in [0.3, 0.4) is 0 Å². The largest absolute Gasteiger partial charge is 0.497 e. The molecular weight excluding hydrogens is 597 g/mol. The van der Waals surface area contributed by atoms with Crippen molar-refractivity contribution in [3.05, 3.63) is 96.1 Å². The van der Waals surface area contributed by atoms with Gasteiger partial charge in [0, 0.05) is 25.7 Å². The highest BCUT2D eigenvalue weighted by Gasteiger charge is 2.64. The van der Waals surface area contributed by atoms with Crippen LogP contribution in [0.1, 0.15) is 36.8 Å². The Kier molecular flexibility index (Phi) is 13.3. The number of carbonyl (C=O) groups is 1. The highest BCUT2D eigenvalue weighted by molar-refractivity contribution is 6.96. The Morgan fingerprint density at radius 2 is 1.49 bits per heavy atom. The van der Waals surface area contributed by atoms with Crippen LogP contribution in [0.2, 0.25) is 13.1 Å². The van der Waals surface area contributed by atoms with Crippen molar-refractivity contribution in [2.45, 2.75) is 63.3 Å². The normalized spacial score (nSPS) is 13.3. The van der Waals surface area contributed by atoms with E-state index in [1.807, 2.05) is 67.7 Å². The Morgan fingerprint density at radius 3 is 2.09 bits per heavy atom. The van der Waals surface area contributed by atoms with Crippen molar-refractivity contribution in [2.75, 3.05) is 20.8 Å². The predicted octanol–water partition coefficient (Wildman–Crippen LogP) is 6.95. The third kappa shape index (κ3) is 9.99. The fourth-order valence-electron chi connectivity index (χ4n) is 4.52. The maximum atomic E-state index is 14.5. The minimum atomic E-state index is -5.10. The summed E-state index contributed by atoms with van der Waals surface area (Å²) in [6.45, 7) is 5.11. The van der Waals surface area contributed by atoms with Crippen LogP contribution in [-0.2, 0) is 31.2 Å². The van der Waals surface area contributed by atoms with Gasteiger partial charge in [0.2, 0.25) is 6.10 Å². The molecule has 0 radical (unpaired) electrons. The number of carbonyl (C=O) groups excluding carboxylic acids is 1. The van der Waals surface area contributed by atoms with Gasteiger partial charge in [0.1, 0.15) is 5.75 Å². The molecule has 0 fully saturated rings. The van der Waals surface area contributed by atoms with Gasteiger partial charge < -0.3 is 18.9 Å². The predicted molar refractivity (Wildman–Crippen MR) is 171 cm³/mol. The van der Waals surface area contributed by atoms with Crippen LogP contribution in [0.15, 0.2) is 84.9 Å².